The number of amidine groups is 1. The second-order valence-corrected chi connectivity index (χ2v) is 9.51. The molecule has 1 fully saturated rings. The van der Waals surface area contributed by atoms with Gasteiger partial charge in [0.2, 0.25) is 0 Å². The summed E-state index contributed by atoms with van der Waals surface area (Å²) in [5, 5.41) is 7.50. The topological polar surface area (TPSA) is 78.4 Å². The lowest BCUT2D eigenvalue weighted by molar-refractivity contribution is 0.102. The van der Waals surface area contributed by atoms with Gasteiger partial charge in [0.15, 0.2) is 16.7 Å². The van der Waals surface area contributed by atoms with Gasteiger partial charge in [0, 0.05) is 60.6 Å². The number of ether oxygens (including phenoxy) is 2. The van der Waals surface area contributed by atoms with E-state index in [1.54, 1.807) is 44.2 Å². The van der Waals surface area contributed by atoms with Crippen molar-refractivity contribution in [3.05, 3.63) is 64.7 Å². The molecule has 1 amide bonds. The highest BCUT2D eigenvalue weighted by Gasteiger charge is 2.32. The lowest BCUT2D eigenvalue weighted by atomic mass is 10.0. The molecule has 3 aliphatic rings. The van der Waals surface area contributed by atoms with Crippen LogP contribution in [0.2, 0.25) is 0 Å². The number of hydrogen-bond acceptors (Lipinski definition) is 8. The number of anilines is 1. The van der Waals surface area contributed by atoms with E-state index in [9.17, 15) is 4.79 Å². The van der Waals surface area contributed by atoms with Crippen LogP contribution >= 0.6 is 11.8 Å². The van der Waals surface area contributed by atoms with Crippen molar-refractivity contribution in [2.75, 3.05) is 58.8 Å². The van der Waals surface area contributed by atoms with Gasteiger partial charge in [-0.1, -0.05) is 30.0 Å². The molecule has 1 unspecified atom stereocenters. The van der Waals surface area contributed by atoms with Gasteiger partial charge < -0.3 is 25.0 Å². The number of aliphatic imine (C=N–C) groups is 1. The number of rotatable bonds is 7. The average molecular weight is 480 g/mol. The standard InChI is InChI=1S/C25H29N5O3S/c1-32-22-8-7-17(13-23(22)33-2)24(31)27-20-6-4-3-5-19(20)21-16-30-15-18(34-25(30)28-21)14-29-11-9-26-10-12-29/h3-8,13,15,21,26H,9-12,14,16H2,1-2H3,(H,27,31). The zero-order valence-electron chi connectivity index (χ0n) is 19.4. The number of amides is 1. The van der Waals surface area contributed by atoms with Crippen LogP contribution in [-0.4, -0.2) is 74.4 Å². The zero-order chi connectivity index (χ0) is 23.5. The fraction of sp³-hybridized carbons (Fsp3) is 0.360. The molecule has 0 spiro atoms. The molecule has 34 heavy (non-hydrogen) atoms. The van der Waals surface area contributed by atoms with Crippen molar-refractivity contribution in [3.63, 3.8) is 0 Å². The van der Waals surface area contributed by atoms with Gasteiger partial charge in [0.05, 0.1) is 26.8 Å². The molecule has 8 nitrogen and oxygen atoms in total. The van der Waals surface area contributed by atoms with Crippen molar-refractivity contribution in [2.24, 2.45) is 4.99 Å². The summed E-state index contributed by atoms with van der Waals surface area (Å²) < 4.78 is 10.6. The number of thioether (sulfide) groups is 1. The summed E-state index contributed by atoms with van der Waals surface area (Å²) in [4.78, 5) is 24.0. The molecule has 1 atom stereocenters. The Morgan fingerprint density at radius 2 is 1.94 bits per heavy atom. The maximum Gasteiger partial charge on any atom is 0.255 e. The van der Waals surface area contributed by atoms with Crippen LogP contribution in [0.25, 0.3) is 0 Å². The molecule has 0 saturated carbocycles. The molecule has 0 aliphatic carbocycles. The number of carbonyl (C=O) groups excluding carboxylic acids is 1. The van der Waals surface area contributed by atoms with Crippen LogP contribution in [-0.2, 0) is 0 Å². The van der Waals surface area contributed by atoms with E-state index in [4.69, 9.17) is 14.5 Å². The molecule has 5 rings (SSSR count). The number of benzene rings is 2. The number of para-hydroxylation sites is 1. The van der Waals surface area contributed by atoms with E-state index in [2.05, 4.69) is 26.6 Å². The largest absolute Gasteiger partial charge is 0.493 e. The van der Waals surface area contributed by atoms with Gasteiger partial charge in [-0.25, -0.2) is 0 Å². The maximum absolute atomic E-state index is 13.0. The van der Waals surface area contributed by atoms with Crippen molar-refractivity contribution >= 4 is 28.5 Å². The summed E-state index contributed by atoms with van der Waals surface area (Å²) >= 11 is 1.76. The molecule has 3 aliphatic heterocycles. The molecule has 1 saturated heterocycles. The number of carbonyl (C=O) groups is 1. The molecule has 178 valence electrons. The Morgan fingerprint density at radius 3 is 2.71 bits per heavy atom. The van der Waals surface area contributed by atoms with E-state index in [-0.39, 0.29) is 11.9 Å². The third-order valence-corrected chi connectivity index (χ3v) is 7.23. The van der Waals surface area contributed by atoms with Crippen molar-refractivity contribution in [1.29, 1.82) is 0 Å². The van der Waals surface area contributed by atoms with Crippen LogP contribution in [0, 0.1) is 0 Å². The highest BCUT2D eigenvalue weighted by Crippen LogP contribution is 2.39. The van der Waals surface area contributed by atoms with E-state index in [1.165, 1.54) is 4.91 Å². The van der Waals surface area contributed by atoms with Crippen molar-refractivity contribution in [2.45, 2.75) is 6.04 Å². The second-order valence-electron chi connectivity index (χ2n) is 8.41. The minimum absolute atomic E-state index is 0.0265. The minimum Gasteiger partial charge on any atom is -0.493 e. The molecule has 3 heterocycles. The van der Waals surface area contributed by atoms with Gasteiger partial charge in [-0.3, -0.25) is 14.7 Å². The first-order valence-electron chi connectivity index (χ1n) is 11.4. The highest BCUT2D eigenvalue weighted by atomic mass is 32.2. The predicted octanol–water partition coefficient (Wildman–Crippen LogP) is 3.16. The minimum atomic E-state index is -0.202. The summed E-state index contributed by atoms with van der Waals surface area (Å²) in [6.45, 7) is 6.02. The third-order valence-electron chi connectivity index (χ3n) is 6.21. The van der Waals surface area contributed by atoms with E-state index < -0.39 is 0 Å². The molecule has 2 N–H and O–H groups in total. The summed E-state index contributed by atoms with van der Waals surface area (Å²) in [6.07, 6.45) is 2.23. The Morgan fingerprint density at radius 1 is 1.15 bits per heavy atom. The Hall–Kier alpha value is -3.01. The van der Waals surface area contributed by atoms with E-state index in [0.717, 1.165) is 55.7 Å². The zero-order valence-corrected chi connectivity index (χ0v) is 20.2. The number of piperazine rings is 1. The normalized spacial score (nSPS) is 19.9. The number of nitrogens with zero attached hydrogens (tertiary/aromatic N) is 3. The first-order valence-corrected chi connectivity index (χ1v) is 12.2. The molecule has 9 heteroatoms. The summed E-state index contributed by atoms with van der Waals surface area (Å²) in [5.74, 6) is 0.905. The maximum atomic E-state index is 13.0. The van der Waals surface area contributed by atoms with Gasteiger partial charge in [0.25, 0.3) is 5.91 Å². The van der Waals surface area contributed by atoms with Gasteiger partial charge in [0.1, 0.15) is 0 Å². The third kappa shape index (κ3) is 4.77. The van der Waals surface area contributed by atoms with Gasteiger partial charge in [-0.05, 0) is 24.3 Å². The van der Waals surface area contributed by atoms with Crippen LogP contribution in [0.15, 0.2) is 58.6 Å². The van der Waals surface area contributed by atoms with Crippen molar-refractivity contribution in [1.82, 2.24) is 15.1 Å². The second kappa shape index (κ2) is 10.1. The van der Waals surface area contributed by atoms with E-state index >= 15 is 0 Å². The van der Waals surface area contributed by atoms with Gasteiger partial charge >= 0.3 is 0 Å². The lowest BCUT2D eigenvalue weighted by Crippen LogP contribution is -2.43. The molecule has 0 aromatic heterocycles. The Balaban J connectivity index is 1.27. The Kier molecular flexibility index (Phi) is 6.75. The molecule has 2 aromatic carbocycles. The highest BCUT2D eigenvalue weighted by molar-refractivity contribution is 8.17. The first-order chi connectivity index (χ1) is 16.6. The number of hydrogen-bond donors (Lipinski definition) is 2. The predicted molar refractivity (Wildman–Crippen MR) is 136 cm³/mol. The Labute approximate surface area is 204 Å². The monoisotopic (exact) mass is 479 g/mol. The SMILES string of the molecule is COc1ccc(C(=O)Nc2ccccc2C2CN3C=C(CN4CCNCC4)SC3=N2)cc1OC. The van der Waals surface area contributed by atoms with Crippen LogP contribution in [0.1, 0.15) is 22.0 Å². The fourth-order valence-electron chi connectivity index (χ4n) is 4.43. The van der Waals surface area contributed by atoms with Crippen LogP contribution in [0.5, 0.6) is 11.5 Å². The molecular formula is C25H29N5O3S. The molecule has 0 bridgehead atoms. The van der Waals surface area contributed by atoms with Gasteiger partial charge in [-0.15, -0.1) is 0 Å². The summed E-state index contributed by atoms with van der Waals surface area (Å²) in [6, 6.07) is 13.0. The summed E-state index contributed by atoms with van der Waals surface area (Å²) in [7, 11) is 3.13. The molecule has 0 radical (unpaired) electrons. The fourth-order valence-corrected chi connectivity index (χ4v) is 5.51. The van der Waals surface area contributed by atoms with Crippen LogP contribution in [0.3, 0.4) is 0 Å². The first kappa shape index (κ1) is 22.8. The van der Waals surface area contributed by atoms with Crippen molar-refractivity contribution < 1.29 is 14.3 Å². The van der Waals surface area contributed by atoms with Crippen LogP contribution < -0.4 is 20.1 Å². The molecule has 2 aromatic rings. The number of methoxy groups -OCH3 is 2. The summed E-state index contributed by atoms with van der Waals surface area (Å²) in [5.41, 5.74) is 2.28. The Bertz CT molecular complexity index is 1130. The molecular weight excluding hydrogens is 450 g/mol. The lowest BCUT2D eigenvalue weighted by Gasteiger charge is -2.27. The number of nitrogens with one attached hydrogen (secondary N) is 2. The average Bonchev–Trinajstić information content (AvgIpc) is 3.43. The van der Waals surface area contributed by atoms with E-state index in [0.29, 0.717) is 17.1 Å². The van der Waals surface area contributed by atoms with Crippen molar-refractivity contribution in [3.8, 4) is 11.5 Å². The van der Waals surface area contributed by atoms with Crippen LogP contribution in [0.4, 0.5) is 5.69 Å². The smallest absolute Gasteiger partial charge is 0.255 e. The van der Waals surface area contributed by atoms with E-state index in [1.807, 2.05) is 24.3 Å². The van der Waals surface area contributed by atoms with Gasteiger partial charge in [-0.2, -0.15) is 0 Å². The number of fused-ring (bicyclic) bond motifs is 1. The quantitative estimate of drug-likeness (QED) is 0.632.